The van der Waals surface area contributed by atoms with Crippen LogP contribution in [-0.4, -0.2) is 28.6 Å². The van der Waals surface area contributed by atoms with E-state index < -0.39 is 0 Å². The summed E-state index contributed by atoms with van der Waals surface area (Å²) in [4.78, 5) is 15.4. The molecule has 3 heterocycles. The van der Waals surface area contributed by atoms with Gasteiger partial charge in [-0.3, -0.25) is 9.69 Å². The third-order valence-electron chi connectivity index (χ3n) is 6.29. The average Bonchev–Trinajstić information content (AvgIpc) is 2.64. The number of piperidine rings is 2. The van der Waals surface area contributed by atoms with Gasteiger partial charge in [-0.05, 0) is 30.5 Å². The van der Waals surface area contributed by atoms with Crippen molar-refractivity contribution in [2.75, 3.05) is 5.32 Å². The lowest BCUT2D eigenvalue weighted by Gasteiger charge is -2.55. The minimum Gasteiger partial charge on any atom is -0.362 e. The fourth-order valence-corrected chi connectivity index (χ4v) is 5.17. The molecular formula is C22H25N3O. The highest BCUT2D eigenvalue weighted by atomic mass is 16.2. The Labute approximate surface area is 154 Å². The molecule has 2 bridgehead atoms. The highest BCUT2D eigenvalue weighted by Gasteiger charge is 2.49. The van der Waals surface area contributed by atoms with Crippen LogP contribution in [0.1, 0.15) is 48.0 Å². The van der Waals surface area contributed by atoms with E-state index in [1.54, 1.807) is 0 Å². The van der Waals surface area contributed by atoms with Gasteiger partial charge in [-0.15, -0.1) is 0 Å². The Morgan fingerprint density at radius 1 is 0.923 bits per heavy atom. The molecule has 3 aliphatic heterocycles. The number of benzene rings is 2. The van der Waals surface area contributed by atoms with Gasteiger partial charge in [0.05, 0.1) is 5.56 Å². The zero-order chi connectivity index (χ0) is 17.6. The predicted octanol–water partition coefficient (Wildman–Crippen LogP) is 3.76. The SMILES string of the molecule is O=C1NC2(C[C@@H]3CCC[C@@H](C2)N3Cc2ccccc2)Nc2ccccc21. The van der Waals surface area contributed by atoms with Crippen molar-refractivity contribution in [1.29, 1.82) is 0 Å². The van der Waals surface area contributed by atoms with E-state index in [1.807, 2.05) is 24.3 Å². The molecule has 2 atom stereocenters. The lowest BCUT2D eigenvalue weighted by atomic mass is 9.76. The quantitative estimate of drug-likeness (QED) is 0.869. The van der Waals surface area contributed by atoms with Gasteiger partial charge >= 0.3 is 0 Å². The lowest BCUT2D eigenvalue weighted by Crippen LogP contribution is -2.67. The zero-order valence-electron chi connectivity index (χ0n) is 14.9. The second kappa shape index (κ2) is 6.13. The molecule has 2 aromatic carbocycles. The molecule has 0 unspecified atom stereocenters. The summed E-state index contributed by atoms with van der Waals surface area (Å²) in [5.74, 6) is 0.0638. The van der Waals surface area contributed by atoms with Crippen molar-refractivity contribution < 1.29 is 4.79 Å². The standard InChI is InChI=1S/C22H25N3O/c26-21-19-11-4-5-12-20(19)23-22(24-21)13-17-9-6-10-18(14-22)25(17)15-16-7-2-1-3-8-16/h1-5,7-8,11-12,17-18,23H,6,9-10,13-15H2,(H,24,26)/t17-,18-/m0/s1. The molecule has 1 spiro atoms. The molecule has 134 valence electrons. The molecule has 26 heavy (non-hydrogen) atoms. The number of para-hydroxylation sites is 1. The summed E-state index contributed by atoms with van der Waals surface area (Å²) in [6, 6.07) is 19.6. The van der Waals surface area contributed by atoms with Crippen LogP contribution in [0.4, 0.5) is 5.69 Å². The first-order chi connectivity index (χ1) is 12.7. The molecular weight excluding hydrogens is 322 g/mol. The smallest absolute Gasteiger partial charge is 0.255 e. The van der Waals surface area contributed by atoms with Gasteiger partial charge in [0, 0.05) is 37.2 Å². The van der Waals surface area contributed by atoms with Crippen LogP contribution in [0.3, 0.4) is 0 Å². The van der Waals surface area contributed by atoms with E-state index in [9.17, 15) is 4.79 Å². The molecule has 2 aromatic rings. The molecule has 0 aromatic heterocycles. The highest BCUT2D eigenvalue weighted by molar-refractivity contribution is 6.02. The maximum absolute atomic E-state index is 12.7. The number of fused-ring (bicyclic) bond motifs is 3. The number of carbonyl (C=O) groups is 1. The van der Waals surface area contributed by atoms with Gasteiger partial charge in [0.2, 0.25) is 0 Å². The first-order valence-corrected chi connectivity index (χ1v) is 9.72. The van der Waals surface area contributed by atoms with Gasteiger partial charge in [-0.25, -0.2) is 0 Å². The summed E-state index contributed by atoms with van der Waals surface area (Å²) in [6.07, 6.45) is 5.66. The third kappa shape index (κ3) is 2.69. The van der Waals surface area contributed by atoms with Gasteiger partial charge in [-0.1, -0.05) is 48.9 Å². The first kappa shape index (κ1) is 15.9. The summed E-state index contributed by atoms with van der Waals surface area (Å²) in [5.41, 5.74) is 2.82. The number of rotatable bonds is 2. The van der Waals surface area contributed by atoms with Crippen molar-refractivity contribution in [3.63, 3.8) is 0 Å². The van der Waals surface area contributed by atoms with Crippen LogP contribution in [0.25, 0.3) is 0 Å². The number of hydrogen-bond donors (Lipinski definition) is 2. The topological polar surface area (TPSA) is 44.4 Å². The van der Waals surface area contributed by atoms with Crippen molar-refractivity contribution >= 4 is 11.6 Å². The molecule has 2 fully saturated rings. The summed E-state index contributed by atoms with van der Waals surface area (Å²) in [7, 11) is 0. The Hall–Kier alpha value is -2.33. The van der Waals surface area contributed by atoms with Crippen LogP contribution in [0.2, 0.25) is 0 Å². The van der Waals surface area contributed by atoms with Crippen molar-refractivity contribution in [2.24, 2.45) is 0 Å². The second-order valence-electron chi connectivity index (χ2n) is 8.01. The molecule has 2 saturated heterocycles. The number of nitrogens with zero attached hydrogens (tertiary/aromatic N) is 1. The third-order valence-corrected chi connectivity index (χ3v) is 6.29. The highest BCUT2D eigenvalue weighted by Crippen LogP contribution is 2.42. The number of anilines is 1. The van der Waals surface area contributed by atoms with Crippen molar-refractivity contribution in [2.45, 2.75) is 56.4 Å². The first-order valence-electron chi connectivity index (χ1n) is 9.72. The van der Waals surface area contributed by atoms with Gasteiger partial charge in [0.1, 0.15) is 5.66 Å². The van der Waals surface area contributed by atoms with E-state index >= 15 is 0 Å². The lowest BCUT2D eigenvalue weighted by molar-refractivity contribution is -0.00654. The largest absolute Gasteiger partial charge is 0.362 e. The van der Waals surface area contributed by atoms with Gasteiger partial charge < -0.3 is 10.6 Å². The van der Waals surface area contributed by atoms with E-state index in [2.05, 4.69) is 45.9 Å². The summed E-state index contributed by atoms with van der Waals surface area (Å²) in [5, 5.41) is 7.02. The molecule has 4 nitrogen and oxygen atoms in total. The molecule has 3 aliphatic rings. The normalized spacial score (nSPS) is 30.4. The summed E-state index contributed by atoms with van der Waals surface area (Å²) < 4.78 is 0. The van der Waals surface area contributed by atoms with E-state index in [0.717, 1.165) is 30.6 Å². The monoisotopic (exact) mass is 347 g/mol. The van der Waals surface area contributed by atoms with Crippen LogP contribution in [0, 0.1) is 0 Å². The molecule has 0 radical (unpaired) electrons. The Morgan fingerprint density at radius 3 is 2.38 bits per heavy atom. The van der Waals surface area contributed by atoms with Gasteiger partial charge in [-0.2, -0.15) is 0 Å². The number of carbonyl (C=O) groups excluding carboxylic acids is 1. The Bertz CT molecular complexity index is 805. The molecule has 0 aliphatic carbocycles. The van der Waals surface area contributed by atoms with Crippen LogP contribution in [0.15, 0.2) is 54.6 Å². The molecule has 5 rings (SSSR count). The van der Waals surface area contributed by atoms with Crippen molar-refractivity contribution in [3.8, 4) is 0 Å². The van der Waals surface area contributed by atoms with Crippen molar-refractivity contribution in [3.05, 3.63) is 65.7 Å². The maximum atomic E-state index is 12.7. The Balaban J connectivity index is 1.41. The fraction of sp³-hybridized carbons (Fsp3) is 0.409. The number of nitrogens with one attached hydrogen (secondary N) is 2. The minimum absolute atomic E-state index is 0.0638. The molecule has 0 saturated carbocycles. The van der Waals surface area contributed by atoms with Crippen LogP contribution in [0.5, 0.6) is 0 Å². The predicted molar refractivity (Wildman–Crippen MR) is 103 cm³/mol. The second-order valence-corrected chi connectivity index (χ2v) is 8.01. The van der Waals surface area contributed by atoms with E-state index in [1.165, 1.54) is 24.8 Å². The van der Waals surface area contributed by atoms with Crippen LogP contribution in [-0.2, 0) is 6.54 Å². The average molecular weight is 347 g/mol. The zero-order valence-corrected chi connectivity index (χ0v) is 14.9. The molecule has 1 amide bonds. The van der Waals surface area contributed by atoms with Crippen LogP contribution >= 0.6 is 0 Å². The Kier molecular flexibility index (Phi) is 3.75. The van der Waals surface area contributed by atoms with E-state index in [0.29, 0.717) is 12.1 Å². The van der Waals surface area contributed by atoms with Gasteiger partial charge in [0.15, 0.2) is 0 Å². The Morgan fingerprint density at radius 2 is 1.62 bits per heavy atom. The van der Waals surface area contributed by atoms with E-state index in [-0.39, 0.29) is 11.6 Å². The number of hydrogen-bond acceptors (Lipinski definition) is 3. The fourth-order valence-electron chi connectivity index (χ4n) is 5.17. The summed E-state index contributed by atoms with van der Waals surface area (Å²) in [6.45, 7) is 1.01. The summed E-state index contributed by atoms with van der Waals surface area (Å²) >= 11 is 0. The molecule has 4 heteroatoms. The van der Waals surface area contributed by atoms with Crippen molar-refractivity contribution in [1.82, 2.24) is 10.2 Å². The maximum Gasteiger partial charge on any atom is 0.255 e. The van der Waals surface area contributed by atoms with Crippen LogP contribution < -0.4 is 10.6 Å². The minimum atomic E-state index is -0.297. The van der Waals surface area contributed by atoms with Gasteiger partial charge in [0.25, 0.3) is 5.91 Å². The number of amides is 1. The van der Waals surface area contributed by atoms with E-state index in [4.69, 9.17) is 0 Å². The molecule has 2 N–H and O–H groups in total.